The van der Waals surface area contributed by atoms with E-state index in [1.165, 1.54) is 6.42 Å². The van der Waals surface area contributed by atoms with Crippen molar-refractivity contribution in [3.63, 3.8) is 0 Å². The maximum Gasteiger partial charge on any atom is 0.220 e. The first-order chi connectivity index (χ1) is 7.85. The van der Waals surface area contributed by atoms with Crippen molar-refractivity contribution in [1.29, 1.82) is 0 Å². The van der Waals surface area contributed by atoms with Crippen LogP contribution in [0.5, 0.6) is 0 Å². The van der Waals surface area contributed by atoms with Gasteiger partial charge in [-0.25, -0.2) is 0 Å². The van der Waals surface area contributed by atoms with Crippen LogP contribution in [0.1, 0.15) is 47.0 Å². The predicted molar refractivity (Wildman–Crippen MR) is 71.5 cm³/mol. The van der Waals surface area contributed by atoms with E-state index in [1.807, 2.05) is 0 Å². The molecule has 0 aliphatic heterocycles. The van der Waals surface area contributed by atoms with Crippen LogP contribution in [-0.4, -0.2) is 19.0 Å². The van der Waals surface area contributed by atoms with Gasteiger partial charge in [0.2, 0.25) is 5.91 Å². The second-order valence-electron chi connectivity index (χ2n) is 6.63. The Labute approximate surface area is 106 Å². The van der Waals surface area contributed by atoms with E-state index in [9.17, 15) is 4.79 Å². The smallest absolute Gasteiger partial charge is 0.220 e. The van der Waals surface area contributed by atoms with Crippen LogP contribution < -0.4 is 11.1 Å². The lowest BCUT2D eigenvalue weighted by Crippen LogP contribution is -2.30. The Balaban J connectivity index is 2.19. The van der Waals surface area contributed by atoms with Crippen LogP contribution in [0.2, 0.25) is 0 Å². The first-order valence-electron chi connectivity index (χ1n) is 6.82. The number of hydrogen-bond donors (Lipinski definition) is 2. The molecular formula is C14H28N2O. The van der Waals surface area contributed by atoms with Crippen LogP contribution in [0.15, 0.2) is 0 Å². The maximum atomic E-state index is 11.8. The molecule has 0 spiro atoms. The zero-order valence-electron chi connectivity index (χ0n) is 11.8. The zero-order valence-corrected chi connectivity index (χ0v) is 11.8. The predicted octanol–water partition coefficient (Wildman–Crippen LogP) is 2.16. The zero-order chi connectivity index (χ0) is 13.1. The first kappa shape index (κ1) is 14.5. The fraction of sp³-hybridized carbons (Fsp3) is 0.929. The second-order valence-corrected chi connectivity index (χ2v) is 6.63. The number of amides is 1. The standard InChI is InChI=1S/C14H28N2O/c1-10(2)5-11(8-15)6-13(17)16-9-12-7-14(12,3)4/h10-12H,5-9,15H2,1-4H3,(H,16,17)/t11-,12?/m0/s1. The van der Waals surface area contributed by atoms with E-state index in [0.29, 0.717) is 36.1 Å². The number of nitrogens with one attached hydrogen (secondary N) is 1. The lowest BCUT2D eigenvalue weighted by molar-refractivity contribution is -0.122. The molecule has 1 saturated carbocycles. The van der Waals surface area contributed by atoms with Crippen LogP contribution in [0.3, 0.4) is 0 Å². The Morgan fingerprint density at radius 2 is 2.06 bits per heavy atom. The van der Waals surface area contributed by atoms with Gasteiger partial charge >= 0.3 is 0 Å². The summed E-state index contributed by atoms with van der Waals surface area (Å²) in [5, 5.41) is 3.04. The van der Waals surface area contributed by atoms with Crippen molar-refractivity contribution in [2.45, 2.75) is 47.0 Å². The summed E-state index contributed by atoms with van der Waals surface area (Å²) in [5.41, 5.74) is 6.14. The van der Waals surface area contributed by atoms with E-state index < -0.39 is 0 Å². The van der Waals surface area contributed by atoms with E-state index in [4.69, 9.17) is 5.73 Å². The number of carbonyl (C=O) groups is 1. The molecule has 1 rings (SSSR count). The molecule has 0 aromatic rings. The number of carbonyl (C=O) groups excluding carboxylic acids is 1. The number of nitrogens with two attached hydrogens (primary N) is 1. The van der Waals surface area contributed by atoms with Crippen LogP contribution >= 0.6 is 0 Å². The van der Waals surface area contributed by atoms with E-state index in [-0.39, 0.29) is 5.91 Å². The molecule has 0 bridgehead atoms. The number of hydrogen-bond acceptors (Lipinski definition) is 2. The highest BCUT2D eigenvalue weighted by atomic mass is 16.1. The van der Waals surface area contributed by atoms with Crippen molar-refractivity contribution < 1.29 is 4.79 Å². The third kappa shape index (κ3) is 5.07. The van der Waals surface area contributed by atoms with Gasteiger partial charge in [0.25, 0.3) is 0 Å². The fourth-order valence-corrected chi connectivity index (χ4v) is 2.43. The van der Waals surface area contributed by atoms with Crippen molar-refractivity contribution in [3.8, 4) is 0 Å². The molecule has 1 aliphatic carbocycles. The number of rotatable bonds is 7. The van der Waals surface area contributed by atoms with Crippen molar-refractivity contribution in [3.05, 3.63) is 0 Å². The average Bonchev–Trinajstić information content (AvgIpc) is 2.82. The Kier molecular flexibility index (Phi) is 4.99. The quantitative estimate of drug-likeness (QED) is 0.716. The van der Waals surface area contributed by atoms with Gasteiger partial charge in [0.1, 0.15) is 0 Å². The van der Waals surface area contributed by atoms with Crippen LogP contribution in [0.25, 0.3) is 0 Å². The van der Waals surface area contributed by atoms with E-state index in [1.54, 1.807) is 0 Å². The second kappa shape index (κ2) is 5.85. The molecule has 1 amide bonds. The van der Waals surface area contributed by atoms with Crippen LogP contribution in [0.4, 0.5) is 0 Å². The maximum absolute atomic E-state index is 11.8. The van der Waals surface area contributed by atoms with Crippen LogP contribution in [-0.2, 0) is 4.79 Å². The third-order valence-corrected chi connectivity index (χ3v) is 3.88. The van der Waals surface area contributed by atoms with Crippen molar-refractivity contribution >= 4 is 5.91 Å². The highest BCUT2D eigenvalue weighted by Crippen LogP contribution is 2.50. The van der Waals surface area contributed by atoms with Gasteiger partial charge < -0.3 is 11.1 Å². The Hall–Kier alpha value is -0.570. The van der Waals surface area contributed by atoms with E-state index in [0.717, 1.165) is 13.0 Å². The molecule has 3 heteroatoms. The summed E-state index contributed by atoms with van der Waals surface area (Å²) in [5.74, 6) is 1.79. The van der Waals surface area contributed by atoms with E-state index in [2.05, 4.69) is 33.0 Å². The summed E-state index contributed by atoms with van der Waals surface area (Å²) >= 11 is 0. The van der Waals surface area contributed by atoms with Crippen molar-refractivity contribution in [2.75, 3.05) is 13.1 Å². The topological polar surface area (TPSA) is 55.1 Å². The van der Waals surface area contributed by atoms with Crippen molar-refractivity contribution in [1.82, 2.24) is 5.32 Å². The molecule has 0 aromatic carbocycles. The minimum atomic E-state index is 0.170. The summed E-state index contributed by atoms with van der Waals surface area (Å²) in [4.78, 5) is 11.8. The summed E-state index contributed by atoms with van der Waals surface area (Å²) in [7, 11) is 0. The molecule has 1 unspecified atom stereocenters. The molecule has 2 atom stereocenters. The molecule has 0 heterocycles. The monoisotopic (exact) mass is 240 g/mol. The Morgan fingerprint density at radius 3 is 2.47 bits per heavy atom. The minimum Gasteiger partial charge on any atom is -0.356 e. The molecule has 1 fully saturated rings. The lowest BCUT2D eigenvalue weighted by Gasteiger charge is -2.16. The van der Waals surface area contributed by atoms with Crippen molar-refractivity contribution in [2.24, 2.45) is 28.9 Å². The van der Waals surface area contributed by atoms with Gasteiger partial charge in [-0.1, -0.05) is 27.7 Å². The summed E-state index contributed by atoms with van der Waals surface area (Å²) < 4.78 is 0. The molecule has 0 aromatic heterocycles. The Morgan fingerprint density at radius 1 is 1.47 bits per heavy atom. The highest BCUT2D eigenvalue weighted by Gasteiger charge is 2.45. The molecule has 100 valence electrons. The summed E-state index contributed by atoms with van der Waals surface area (Å²) in [6.07, 6.45) is 2.86. The van der Waals surface area contributed by atoms with Gasteiger partial charge in [-0.2, -0.15) is 0 Å². The highest BCUT2D eigenvalue weighted by molar-refractivity contribution is 5.76. The molecule has 0 saturated heterocycles. The largest absolute Gasteiger partial charge is 0.356 e. The molecule has 3 N–H and O–H groups in total. The molecular weight excluding hydrogens is 212 g/mol. The molecule has 17 heavy (non-hydrogen) atoms. The van der Waals surface area contributed by atoms with Gasteiger partial charge in [-0.3, -0.25) is 4.79 Å². The lowest BCUT2D eigenvalue weighted by atomic mass is 9.94. The van der Waals surface area contributed by atoms with Crippen LogP contribution in [0, 0.1) is 23.2 Å². The van der Waals surface area contributed by atoms with Gasteiger partial charge in [0.05, 0.1) is 0 Å². The summed E-state index contributed by atoms with van der Waals surface area (Å²) in [6, 6.07) is 0. The first-order valence-corrected chi connectivity index (χ1v) is 6.82. The summed E-state index contributed by atoms with van der Waals surface area (Å²) in [6.45, 7) is 10.3. The third-order valence-electron chi connectivity index (χ3n) is 3.88. The van der Waals surface area contributed by atoms with Gasteiger partial charge in [-0.15, -0.1) is 0 Å². The molecule has 3 nitrogen and oxygen atoms in total. The normalized spacial score (nSPS) is 23.5. The van der Waals surface area contributed by atoms with Gasteiger partial charge in [0, 0.05) is 13.0 Å². The van der Waals surface area contributed by atoms with E-state index >= 15 is 0 Å². The molecule has 1 aliphatic rings. The Bertz CT molecular complexity index is 261. The van der Waals surface area contributed by atoms with Gasteiger partial charge in [-0.05, 0) is 42.6 Å². The minimum absolute atomic E-state index is 0.170. The SMILES string of the molecule is CC(C)C[C@H](CN)CC(=O)NCC1CC1(C)C. The fourth-order valence-electron chi connectivity index (χ4n) is 2.43. The molecule has 0 radical (unpaired) electrons. The average molecular weight is 240 g/mol. The van der Waals surface area contributed by atoms with Gasteiger partial charge in [0.15, 0.2) is 0 Å².